The van der Waals surface area contributed by atoms with E-state index in [0.717, 1.165) is 19.1 Å². The van der Waals surface area contributed by atoms with Crippen molar-refractivity contribution in [2.45, 2.75) is 56.6 Å². The summed E-state index contributed by atoms with van der Waals surface area (Å²) < 4.78 is 28.4. The Morgan fingerprint density at radius 2 is 1.80 bits per heavy atom. The molecule has 1 aromatic rings. The van der Waals surface area contributed by atoms with Gasteiger partial charge in [-0.3, -0.25) is 4.79 Å². The first-order valence-electron chi connectivity index (χ1n) is 8.30. The highest BCUT2D eigenvalue weighted by Gasteiger charge is 2.33. The van der Waals surface area contributed by atoms with Gasteiger partial charge in [0.1, 0.15) is 5.60 Å². The maximum absolute atomic E-state index is 12.5. The number of hydrogen-bond acceptors (Lipinski definition) is 5. The summed E-state index contributed by atoms with van der Waals surface area (Å²) in [7, 11) is -3.29. The van der Waals surface area contributed by atoms with Gasteiger partial charge in [0.15, 0.2) is 15.6 Å². The van der Waals surface area contributed by atoms with Crippen molar-refractivity contribution >= 4 is 21.7 Å². The van der Waals surface area contributed by atoms with Gasteiger partial charge in [0.2, 0.25) is 0 Å². The highest BCUT2D eigenvalue weighted by molar-refractivity contribution is 7.90. The monoisotopic (exact) mass is 367 g/mol. The third-order valence-corrected chi connectivity index (χ3v) is 5.16. The van der Waals surface area contributed by atoms with Crippen LogP contribution in [0, 0.1) is 0 Å². The smallest absolute Gasteiger partial charge is 0.410 e. The van der Waals surface area contributed by atoms with Crippen LogP contribution in [-0.4, -0.2) is 49.6 Å². The van der Waals surface area contributed by atoms with Gasteiger partial charge in [-0.1, -0.05) is 12.1 Å². The molecule has 0 saturated carbocycles. The largest absolute Gasteiger partial charge is 0.444 e. The third kappa shape index (κ3) is 5.29. The second kappa shape index (κ2) is 7.15. The highest BCUT2D eigenvalue weighted by Crippen LogP contribution is 2.24. The van der Waals surface area contributed by atoms with Gasteiger partial charge in [0.25, 0.3) is 0 Å². The Morgan fingerprint density at radius 1 is 1.20 bits per heavy atom. The number of hydrogen-bond donors (Lipinski definition) is 0. The van der Waals surface area contributed by atoms with Gasteiger partial charge in [0, 0.05) is 30.8 Å². The summed E-state index contributed by atoms with van der Waals surface area (Å²) in [6, 6.07) is 5.72. The summed E-state index contributed by atoms with van der Waals surface area (Å²) in [5, 5.41) is 0. The molecule has 1 aliphatic rings. The molecule has 1 aliphatic heterocycles. The first-order chi connectivity index (χ1) is 11.5. The van der Waals surface area contributed by atoms with E-state index >= 15 is 0 Å². The second-order valence-electron chi connectivity index (χ2n) is 7.39. The highest BCUT2D eigenvalue weighted by atomic mass is 32.2. The summed E-state index contributed by atoms with van der Waals surface area (Å²) in [6.45, 7) is 6.01. The Balaban J connectivity index is 2.05. The Morgan fingerprint density at radius 3 is 2.32 bits per heavy atom. The number of Topliss-reactive ketones (excluding diaryl/α,β-unsaturated/α-hetero) is 1. The van der Waals surface area contributed by atoms with Gasteiger partial charge in [-0.25, -0.2) is 13.2 Å². The number of rotatable bonds is 4. The molecule has 0 aromatic heterocycles. The normalized spacial score (nSPS) is 18.2. The third-order valence-electron chi connectivity index (χ3n) is 4.03. The molecule has 138 valence electrons. The maximum Gasteiger partial charge on any atom is 0.410 e. The van der Waals surface area contributed by atoms with E-state index in [2.05, 4.69) is 0 Å². The van der Waals surface area contributed by atoms with E-state index in [-0.39, 0.29) is 23.1 Å². The molecule has 0 N–H and O–H groups in total. The van der Waals surface area contributed by atoms with Gasteiger partial charge in [-0.05, 0) is 45.7 Å². The van der Waals surface area contributed by atoms with Crippen LogP contribution in [-0.2, 0) is 14.6 Å². The van der Waals surface area contributed by atoms with E-state index in [1.54, 1.807) is 4.90 Å². The zero-order chi connectivity index (χ0) is 18.8. The van der Waals surface area contributed by atoms with Crippen molar-refractivity contribution in [1.82, 2.24) is 4.90 Å². The molecular weight excluding hydrogens is 342 g/mol. The maximum atomic E-state index is 12.5. The number of amides is 1. The fourth-order valence-electron chi connectivity index (χ4n) is 2.83. The van der Waals surface area contributed by atoms with E-state index in [1.165, 1.54) is 24.3 Å². The number of ketones is 1. The first kappa shape index (κ1) is 19.4. The molecule has 1 fully saturated rings. The van der Waals surface area contributed by atoms with Gasteiger partial charge in [0.05, 0.1) is 4.90 Å². The lowest BCUT2D eigenvalue weighted by Gasteiger charge is -2.28. The first-order valence-corrected chi connectivity index (χ1v) is 10.2. The Labute approximate surface area is 149 Å². The van der Waals surface area contributed by atoms with Crippen molar-refractivity contribution in [2.24, 2.45) is 0 Å². The molecule has 7 heteroatoms. The number of likely N-dealkylation sites (tertiary alicyclic amines) is 1. The fourth-order valence-corrected chi connectivity index (χ4v) is 3.46. The van der Waals surface area contributed by atoms with Crippen LogP contribution in [0.2, 0.25) is 0 Å². The molecule has 1 amide bonds. The molecular formula is C18H25NO5S. The molecule has 1 unspecified atom stereocenters. The Hall–Kier alpha value is -1.89. The summed E-state index contributed by atoms with van der Waals surface area (Å²) >= 11 is 0. The second-order valence-corrected chi connectivity index (χ2v) is 9.41. The lowest BCUT2D eigenvalue weighted by Crippen LogP contribution is -2.40. The van der Waals surface area contributed by atoms with E-state index in [0.29, 0.717) is 12.1 Å². The minimum absolute atomic E-state index is 0.111. The molecule has 0 aliphatic carbocycles. The number of carbonyl (C=O) groups excluding carboxylic acids is 2. The van der Waals surface area contributed by atoms with Crippen LogP contribution in [0.15, 0.2) is 29.2 Å². The van der Waals surface area contributed by atoms with Crippen LogP contribution in [0.5, 0.6) is 0 Å². The van der Waals surface area contributed by atoms with Gasteiger partial charge in [-0.2, -0.15) is 0 Å². The van der Waals surface area contributed by atoms with Crippen LogP contribution in [0.25, 0.3) is 0 Å². The van der Waals surface area contributed by atoms with Crippen molar-refractivity contribution in [2.75, 3.05) is 12.8 Å². The van der Waals surface area contributed by atoms with E-state index in [4.69, 9.17) is 4.74 Å². The average Bonchev–Trinajstić information content (AvgIpc) is 2.93. The van der Waals surface area contributed by atoms with E-state index in [9.17, 15) is 18.0 Å². The van der Waals surface area contributed by atoms with E-state index in [1.807, 2.05) is 20.8 Å². The van der Waals surface area contributed by atoms with Gasteiger partial charge >= 0.3 is 6.09 Å². The molecule has 1 saturated heterocycles. The molecule has 2 rings (SSSR count). The number of nitrogens with zero attached hydrogens (tertiary/aromatic N) is 1. The van der Waals surface area contributed by atoms with Gasteiger partial charge in [-0.15, -0.1) is 0 Å². The summed E-state index contributed by atoms with van der Waals surface area (Å²) in [6.07, 6.45) is 2.53. The molecule has 1 aromatic carbocycles. The fraction of sp³-hybridized carbons (Fsp3) is 0.556. The van der Waals surface area contributed by atoms with E-state index < -0.39 is 21.5 Å². The Kier molecular flexibility index (Phi) is 5.56. The lowest BCUT2D eigenvalue weighted by atomic mass is 10.0. The van der Waals surface area contributed by atoms with Crippen LogP contribution < -0.4 is 0 Å². The lowest BCUT2D eigenvalue weighted by molar-refractivity contribution is 0.0223. The molecule has 0 radical (unpaired) electrons. The van der Waals surface area contributed by atoms with Crippen molar-refractivity contribution in [3.05, 3.63) is 29.8 Å². The zero-order valence-electron chi connectivity index (χ0n) is 15.1. The number of sulfone groups is 1. The van der Waals surface area contributed by atoms with Gasteiger partial charge < -0.3 is 9.64 Å². The van der Waals surface area contributed by atoms with Crippen molar-refractivity contribution in [3.63, 3.8) is 0 Å². The SMILES string of the molecule is CC(C)(C)OC(=O)N1CCCC1CC(=O)c1ccc(S(C)(=O)=O)cc1. The molecule has 6 nitrogen and oxygen atoms in total. The summed E-state index contributed by atoms with van der Waals surface area (Å²) in [5.41, 5.74) is -0.126. The Bertz CT molecular complexity index is 747. The summed E-state index contributed by atoms with van der Waals surface area (Å²) in [5.74, 6) is -0.111. The molecule has 25 heavy (non-hydrogen) atoms. The van der Waals surface area contributed by atoms with Crippen molar-refractivity contribution in [3.8, 4) is 0 Å². The van der Waals surface area contributed by atoms with Crippen LogP contribution >= 0.6 is 0 Å². The quantitative estimate of drug-likeness (QED) is 0.764. The number of ether oxygens (including phenoxy) is 1. The number of benzene rings is 1. The molecule has 1 heterocycles. The molecule has 0 spiro atoms. The average molecular weight is 367 g/mol. The predicted octanol–water partition coefficient (Wildman–Crippen LogP) is 3.06. The minimum atomic E-state index is -3.29. The van der Waals surface area contributed by atoms with Crippen molar-refractivity contribution in [1.29, 1.82) is 0 Å². The van der Waals surface area contributed by atoms with Crippen LogP contribution in [0.1, 0.15) is 50.4 Å². The standard InChI is InChI=1S/C18H25NO5S/c1-18(2,3)24-17(21)19-11-5-6-14(19)12-16(20)13-7-9-15(10-8-13)25(4,22)23/h7-10,14H,5-6,11-12H2,1-4H3. The minimum Gasteiger partial charge on any atom is -0.444 e. The van der Waals surface area contributed by atoms with Crippen LogP contribution in [0.4, 0.5) is 4.79 Å². The molecule has 1 atom stereocenters. The van der Waals surface area contributed by atoms with Crippen LogP contribution in [0.3, 0.4) is 0 Å². The topological polar surface area (TPSA) is 80.8 Å². The number of carbonyl (C=O) groups is 2. The molecule has 0 bridgehead atoms. The zero-order valence-corrected chi connectivity index (χ0v) is 15.9. The predicted molar refractivity (Wildman–Crippen MR) is 94.5 cm³/mol. The summed E-state index contributed by atoms with van der Waals surface area (Å²) in [4.78, 5) is 26.6. The van der Waals surface area contributed by atoms with Crippen molar-refractivity contribution < 1.29 is 22.7 Å².